The second-order valence-electron chi connectivity index (χ2n) is 3.87. The van der Waals surface area contributed by atoms with Crippen LogP contribution in [-0.2, 0) is 9.53 Å². The van der Waals surface area contributed by atoms with Crippen molar-refractivity contribution in [2.45, 2.75) is 13.0 Å². The number of carboxylic acids is 1. The maximum atomic E-state index is 11.4. The van der Waals surface area contributed by atoms with Crippen LogP contribution in [0.25, 0.3) is 0 Å². The molecule has 0 aromatic carbocycles. The molecule has 0 spiro atoms. The average Bonchev–Trinajstić information content (AvgIpc) is 2.62. The smallest absolute Gasteiger partial charge is 0.315 e. The normalized spacial score (nSPS) is 23.8. The number of carbonyl (C=O) groups is 2. The third-order valence-electron chi connectivity index (χ3n) is 2.26. The highest BCUT2D eigenvalue weighted by Gasteiger charge is 2.34. The van der Waals surface area contributed by atoms with Crippen LogP contribution in [0, 0.1) is 5.92 Å². The Morgan fingerprint density at radius 3 is 2.75 bits per heavy atom. The van der Waals surface area contributed by atoms with Crippen LogP contribution in [0.5, 0.6) is 0 Å². The molecule has 6 nitrogen and oxygen atoms in total. The third kappa shape index (κ3) is 3.54. The zero-order chi connectivity index (χ0) is 12.1. The Morgan fingerprint density at radius 1 is 1.50 bits per heavy atom. The minimum atomic E-state index is -0.956. The molecule has 0 saturated carbocycles. The molecular formula is C10H16N2O4. The number of amides is 2. The number of carboxylic acid groups (broad SMARTS) is 1. The predicted octanol–water partition coefficient (Wildman–Crippen LogP) is -0.0387. The molecule has 1 rings (SSSR count). The Labute approximate surface area is 93.7 Å². The number of hydrogen-bond acceptors (Lipinski definition) is 3. The maximum Gasteiger partial charge on any atom is 0.315 e. The molecule has 1 aliphatic rings. The zero-order valence-electron chi connectivity index (χ0n) is 9.16. The van der Waals surface area contributed by atoms with Crippen LogP contribution in [0.3, 0.4) is 0 Å². The number of aliphatic carboxylic acids is 1. The first kappa shape index (κ1) is 12.5. The second-order valence-corrected chi connectivity index (χ2v) is 3.87. The van der Waals surface area contributed by atoms with E-state index in [0.717, 1.165) is 5.57 Å². The van der Waals surface area contributed by atoms with E-state index < -0.39 is 24.0 Å². The number of urea groups is 1. The van der Waals surface area contributed by atoms with E-state index in [1.807, 2.05) is 0 Å². The van der Waals surface area contributed by atoms with Crippen LogP contribution in [0.15, 0.2) is 12.2 Å². The van der Waals surface area contributed by atoms with Crippen molar-refractivity contribution in [2.24, 2.45) is 5.92 Å². The Kier molecular flexibility index (Phi) is 4.30. The van der Waals surface area contributed by atoms with E-state index in [4.69, 9.17) is 9.84 Å². The molecule has 0 bridgehead atoms. The molecule has 1 aliphatic heterocycles. The summed E-state index contributed by atoms with van der Waals surface area (Å²) in [6.45, 7) is 6.18. The lowest BCUT2D eigenvalue weighted by molar-refractivity contribution is -0.142. The van der Waals surface area contributed by atoms with Gasteiger partial charge in [0.05, 0.1) is 19.3 Å². The van der Waals surface area contributed by atoms with Crippen LogP contribution >= 0.6 is 0 Å². The Bertz CT molecular complexity index is 303. The monoisotopic (exact) mass is 228 g/mol. The highest BCUT2D eigenvalue weighted by atomic mass is 16.5. The largest absolute Gasteiger partial charge is 0.481 e. The average molecular weight is 228 g/mol. The van der Waals surface area contributed by atoms with Gasteiger partial charge in [0.25, 0.3) is 0 Å². The van der Waals surface area contributed by atoms with E-state index in [1.54, 1.807) is 6.92 Å². The summed E-state index contributed by atoms with van der Waals surface area (Å²) < 4.78 is 5.02. The lowest BCUT2D eigenvalue weighted by Crippen LogP contribution is -2.47. The second kappa shape index (κ2) is 5.50. The van der Waals surface area contributed by atoms with Crippen molar-refractivity contribution in [3.8, 4) is 0 Å². The molecule has 0 aliphatic carbocycles. The predicted molar refractivity (Wildman–Crippen MR) is 57.1 cm³/mol. The summed E-state index contributed by atoms with van der Waals surface area (Å²) in [6, 6.07) is -0.868. The summed E-state index contributed by atoms with van der Waals surface area (Å²) in [7, 11) is 0. The molecule has 2 amide bonds. The molecule has 3 N–H and O–H groups in total. The van der Waals surface area contributed by atoms with Gasteiger partial charge in [0, 0.05) is 6.54 Å². The van der Waals surface area contributed by atoms with E-state index >= 15 is 0 Å². The fourth-order valence-electron chi connectivity index (χ4n) is 1.39. The Balaban J connectivity index is 2.38. The van der Waals surface area contributed by atoms with E-state index in [1.165, 1.54) is 0 Å². The fraction of sp³-hybridized carbons (Fsp3) is 0.600. The van der Waals surface area contributed by atoms with Crippen molar-refractivity contribution >= 4 is 12.0 Å². The first-order chi connectivity index (χ1) is 7.50. The summed E-state index contributed by atoms with van der Waals surface area (Å²) in [5.41, 5.74) is 0.826. The van der Waals surface area contributed by atoms with Gasteiger partial charge in [-0.05, 0) is 6.92 Å². The molecule has 2 unspecified atom stereocenters. The van der Waals surface area contributed by atoms with Gasteiger partial charge >= 0.3 is 12.0 Å². The van der Waals surface area contributed by atoms with Gasteiger partial charge < -0.3 is 20.5 Å². The van der Waals surface area contributed by atoms with Crippen molar-refractivity contribution in [2.75, 3.05) is 19.8 Å². The fourth-order valence-corrected chi connectivity index (χ4v) is 1.39. The molecule has 16 heavy (non-hydrogen) atoms. The van der Waals surface area contributed by atoms with Crippen LogP contribution in [0.4, 0.5) is 4.79 Å². The number of rotatable bonds is 4. The molecule has 90 valence electrons. The molecule has 1 heterocycles. The molecule has 6 heteroatoms. The molecule has 1 fully saturated rings. The molecule has 0 aromatic rings. The SMILES string of the molecule is C=C(C)CNC(=O)NC1COCC1C(=O)O. The first-order valence-corrected chi connectivity index (χ1v) is 5.00. The van der Waals surface area contributed by atoms with E-state index in [0.29, 0.717) is 6.54 Å². The van der Waals surface area contributed by atoms with Gasteiger partial charge in [-0.25, -0.2) is 4.79 Å². The van der Waals surface area contributed by atoms with Gasteiger partial charge in [0.1, 0.15) is 5.92 Å². The lowest BCUT2D eigenvalue weighted by Gasteiger charge is -2.16. The number of nitrogens with one attached hydrogen (secondary N) is 2. The molecule has 0 radical (unpaired) electrons. The summed E-state index contributed by atoms with van der Waals surface area (Å²) in [5, 5.41) is 14.0. The van der Waals surface area contributed by atoms with Crippen LogP contribution in [0.2, 0.25) is 0 Å². The summed E-state index contributed by atoms with van der Waals surface area (Å²) >= 11 is 0. The van der Waals surface area contributed by atoms with Crippen molar-refractivity contribution < 1.29 is 19.4 Å². The maximum absolute atomic E-state index is 11.4. The highest BCUT2D eigenvalue weighted by molar-refractivity contribution is 5.77. The van der Waals surface area contributed by atoms with Gasteiger partial charge in [0.2, 0.25) is 0 Å². The van der Waals surface area contributed by atoms with Gasteiger partial charge in [-0.15, -0.1) is 0 Å². The van der Waals surface area contributed by atoms with Crippen molar-refractivity contribution in [3.63, 3.8) is 0 Å². The zero-order valence-corrected chi connectivity index (χ0v) is 9.16. The standard InChI is InChI=1S/C10H16N2O4/c1-6(2)3-11-10(15)12-8-5-16-4-7(8)9(13)14/h7-8H,1,3-5H2,2H3,(H,13,14)(H2,11,12,15). The third-order valence-corrected chi connectivity index (χ3v) is 2.26. The summed E-state index contributed by atoms with van der Waals surface area (Å²) in [6.07, 6.45) is 0. The van der Waals surface area contributed by atoms with Crippen molar-refractivity contribution in [1.82, 2.24) is 10.6 Å². The summed E-state index contributed by atoms with van der Waals surface area (Å²) in [5.74, 6) is -1.63. The Hall–Kier alpha value is -1.56. The van der Waals surface area contributed by atoms with E-state index in [9.17, 15) is 9.59 Å². The van der Waals surface area contributed by atoms with Gasteiger partial charge in [-0.3, -0.25) is 4.79 Å². The van der Waals surface area contributed by atoms with Gasteiger partial charge in [-0.1, -0.05) is 12.2 Å². The lowest BCUT2D eigenvalue weighted by atomic mass is 10.0. The van der Waals surface area contributed by atoms with Crippen LogP contribution in [-0.4, -0.2) is 42.9 Å². The number of ether oxygens (including phenoxy) is 1. The van der Waals surface area contributed by atoms with Crippen molar-refractivity contribution in [3.05, 3.63) is 12.2 Å². The number of carbonyl (C=O) groups excluding carboxylic acids is 1. The Morgan fingerprint density at radius 2 is 2.19 bits per heavy atom. The van der Waals surface area contributed by atoms with E-state index in [2.05, 4.69) is 17.2 Å². The van der Waals surface area contributed by atoms with Crippen LogP contribution < -0.4 is 10.6 Å². The molecule has 0 aromatic heterocycles. The van der Waals surface area contributed by atoms with Gasteiger partial charge in [0.15, 0.2) is 0 Å². The van der Waals surface area contributed by atoms with E-state index in [-0.39, 0.29) is 13.2 Å². The minimum Gasteiger partial charge on any atom is -0.481 e. The highest BCUT2D eigenvalue weighted by Crippen LogP contribution is 2.13. The number of hydrogen-bond donors (Lipinski definition) is 3. The van der Waals surface area contributed by atoms with Crippen molar-refractivity contribution in [1.29, 1.82) is 0 Å². The summed E-state index contributed by atoms with van der Waals surface area (Å²) in [4.78, 5) is 22.2. The minimum absolute atomic E-state index is 0.140. The van der Waals surface area contributed by atoms with Gasteiger partial charge in [-0.2, -0.15) is 0 Å². The quantitative estimate of drug-likeness (QED) is 0.589. The first-order valence-electron chi connectivity index (χ1n) is 5.00. The van der Waals surface area contributed by atoms with Crippen LogP contribution in [0.1, 0.15) is 6.92 Å². The molecule has 2 atom stereocenters. The molecule has 1 saturated heterocycles. The molecular weight excluding hydrogens is 212 g/mol. The topological polar surface area (TPSA) is 87.7 Å².